The van der Waals surface area contributed by atoms with Crippen LogP contribution in [-0.2, 0) is 12.0 Å². The quantitative estimate of drug-likeness (QED) is 0.535. The lowest BCUT2D eigenvalue weighted by molar-refractivity contribution is 0.0904. The molecule has 3 aliphatic carbocycles. The van der Waals surface area contributed by atoms with Crippen molar-refractivity contribution in [2.24, 2.45) is 0 Å². The summed E-state index contributed by atoms with van der Waals surface area (Å²) >= 11 is 0. The van der Waals surface area contributed by atoms with Crippen molar-refractivity contribution in [1.29, 1.82) is 0 Å². The summed E-state index contributed by atoms with van der Waals surface area (Å²) in [6, 6.07) is 17.5. The Balaban J connectivity index is 1.55. The van der Waals surface area contributed by atoms with E-state index in [1.165, 1.54) is 86.2 Å². The number of benzene rings is 2. The van der Waals surface area contributed by atoms with Crippen molar-refractivity contribution in [3.63, 3.8) is 0 Å². The molecule has 2 aromatic carbocycles. The highest BCUT2D eigenvalue weighted by Gasteiger charge is 2.38. The summed E-state index contributed by atoms with van der Waals surface area (Å²) in [4.78, 5) is 0. The fraction of sp³-hybridized carbons (Fsp3) is 0.500. The predicted molar refractivity (Wildman–Crippen MR) is 130 cm³/mol. The molecule has 5 rings (SSSR count). The molecule has 1 unspecified atom stereocenters. The summed E-state index contributed by atoms with van der Waals surface area (Å²) < 4.78 is 0. The summed E-state index contributed by atoms with van der Waals surface area (Å²) in [5.74, 6) is 0. The monoisotopic (exact) mass is 418 g/mol. The zero-order valence-electron chi connectivity index (χ0n) is 18.1. The van der Waals surface area contributed by atoms with Gasteiger partial charge >= 0.3 is 0 Å². The van der Waals surface area contributed by atoms with Crippen LogP contribution in [-0.4, -0.2) is 16.4 Å². The van der Waals surface area contributed by atoms with Gasteiger partial charge in [0.15, 0.2) is 0 Å². The third-order valence-corrected chi connectivity index (χ3v) is 11.2. The molecular formula is C28H35OP. The van der Waals surface area contributed by atoms with Gasteiger partial charge in [0, 0.05) is 6.42 Å². The van der Waals surface area contributed by atoms with Gasteiger partial charge in [-0.25, -0.2) is 0 Å². The van der Waals surface area contributed by atoms with E-state index in [2.05, 4.69) is 60.7 Å². The van der Waals surface area contributed by atoms with E-state index in [-0.39, 0.29) is 7.92 Å². The van der Waals surface area contributed by atoms with Gasteiger partial charge in [0.05, 0.1) is 0 Å². The van der Waals surface area contributed by atoms with E-state index in [1.807, 2.05) is 0 Å². The van der Waals surface area contributed by atoms with Crippen LogP contribution in [0, 0.1) is 0 Å². The second-order valence-corrected chi connectivity index (χ2v) is 12.4. The van der Waals surface area contributed by atoms with Crippen molar-refractivity contribution in [2.75, 3.05) is 0 Å². The molecule has 0 aromatic heterocycles. The average Bonchev–Trinajstić information content (AvgIpc) is 2.81. The largest absolute Gasteiger partial charge is 0.381 e. The third kappa shape index (κ3) is 4.04. The number of fused-ring (bicyclic) bond motifs is 1. The highest BCUT2D eigenvalue weighted by molar-refractivity contribution is 7.67. The van der Waals surface area contributed by atoms with Gasteiger partial charge in [-0.2, -0.15) is 0 Å². The number of hydrogen-bond donors (Lipinski definition) is 1. The van der Waals surface area contributed by atoms with Crippen molar-refractivity contribution in [3.8, 4) is 0 Å². The lowest BCUT2D eigenvalue weighted by atomic mass is 9.81. The zero-order chi connectivity index (χ0) is 20.4. The second kappa shape index (κ2) is 8.97. The SMILES string of the molecule is OC1(c2ccccc2P(C2CCCCC2)C2CCCCC2)C=Cc2ccccc2C1. The maximum absolute atomic E-state index is 11.9. The van der Waals surface area contributed by atoms with Gasteiger partial charge in [-0.1, -0.05) is 101 Å². The van der Waals surface area contributed by atoms with Crippen LogP contribution in [0.2, 0.25) is 0 Å². The molecule has 3 aliphatic rings. The second-order valence-electron chi connectivity index (χ2n) is 9.64. The van der Waals surface area contributed by atoms with E-state index in [9.17, 15) is 5.11 Å². The highest BCUT2D eigenvalue weighted by Crippen LogP contribution is 2.56. The first-order valence-electron chi connectivity index (χ1n) is 12.1. The Bertz CT molecular complexity index is 873. The first kappa shape index (κ1) is 20.5. The van der Waals surface area contributed by atoms with Gasteiger partial charge in [0.25, 0.3) is 0 Å². The van der Waals surface area contributed by atoms with Gasteiger partial charge in [-0.15, -0.1) is 0 Å². The van der Waals surface area contributed by atoms with Gasteiger partial charge in [0.1, 0.15) is 5.60 Å². The third-order valence-electron chi connectivity index (χ3n) is 7.64. The molecule has 2 fully saturated rings. The van der Waals surface area contributed by atoms with E-state index in [4.69, 9.17) is 0 Å². The Morgan fingerprint density at radius 2 is 1.33 bits per heavy atom. The summed E-state index contributed by atoms with van der Waals surface area (Å²) in [5, 5.41) is 13.5. The van der Waals surface area contributed by atoms with Crippen LogP contribution in [0.3, 0.4) is 0 Å². The molecule has 0 heterocycles. The molecule has 2 heteroatoms. The summed E-state index contributed by atoms with van der Waals surface area (Å²) in [6.45, 7) is 0. The average molecular weight is 419 g/mol. The van der Waals surface area contributed by atoms with Crippen LogP contribution >= 0.6 is 7.92 Å². The minimum Gasteiger partial charge on any atom is -0.381 e. The van der Waals surface area contributed by atoms with Crippen molar-refractivity contribution in [2.45, 2.75) is 87.5 Å². The summed E-state index contributed by atoms with van der Waals surface area (Å²) in [6.07, 6.45) is 18.9. The minimum absolute atomic E-state index is 0.231. The van der Waals surface area contributed by atoms with Crippen LogP contribution in [0.5, 0.6) is 0 Å². The Morgan fingerprint density at radius 3 is 2.03 bits per heavy atom. The van der Waals surface area contributed by atoms with Gasteiger partial charge in [-0.05, 0) is 65.1 Å². The van der Waals surface area contributed by atoms with E-state index >= 15 is 0 Å². The minimum atomic E-state index is -0.880. The zero-order valence-corrected chi connectivity index (χ0v) is 19.0. The lowest BCUT2D eigenvalue weighted by Crippen LogP contribution is -2.36. The normalized spacial score (nSPS) is 25.4. The molecule has 0 bridgehead atoms. The molecule has 1 nitrogen and oxygen atoms in total. The van der Waals surface area contributed by atoms with Crippen LogP contribution in [0.15, 0.2) is 54.6 Å². The van der Waals surface area contributed by atoms with Crippen LogP contribution < -0.4 is 5.30 Å². The first-order valence-corrected chi connectivity index (χ1v) is 13.6. The molecule has 158 valence electrons. The first-order chi connectivity index (χ1) is 14.7. The maximum Gasteiger partial charge on any atom is 0.113 e. The lowest BCUT2D eigenvalue weighted by Gasteiger charge is -2.41. The molecule has 0 amide bonds. The topological polar surface area (TPSA) is 20.2 Å². The van der Waals surface area contributed by atoms with Crippen molar-refractivity contribution in [3.05, 3.63) is 71.3 Å². The molecule has 1 N–H and O–H groups in total. The Labute approximate surface area is 183 Å². The van der Waals surface area contributed by atoms with Crippen molar-refractivity contribution >= 4 is 19.3 Å². The number of aliphatic hydroxyl groups is 1. The van der Waals surface area contributed by atoms with Gasteiger partial charge < -0.3 is 5.11 Å². The van der Waals surface area contributed by atoms with E-state index < -0.39 is 5.60 Å². The fourth-order valence-corrected chi connectivity index (χ4v) is 10.1. The molecule has 30 heavy (non-hydrogen) atoms. The Hall–Kier alpha value is -1.43. The van der Waals surface area contributed by atoms with Crippen molar-refractivity contribution in [1.82, 2.24) is 0 Å². The summed E-state index contributed by atoms with van der Waals surface area (Å²) in [5.41, 5.74) is 4.52. The molecular weight excluding hydrogens is 383 g/mol. The Kier molecular flexibility index (Phi) is 6.12. The van der Waals surface area contributed by atoms with Crippen LogP contribution in [0.4, 0.5) is 0 Å². The van der Waals surface area contributed by atoms with E-state index in [1.54, 1.807) is 0 Å². The molecule has 0 saturated heterocycles. The Morgan fingerprint density at radius 1 is 0.733 bits per heavy atom. The highest BCUT2D eigenvalue weighted by atomic mass is 31.1. The maximum atomic E-state index is 11.9. The number of hydrogen-bond acceptors (Lipinski definition) is 1. The number of rotatable bonds is 4. The van der Waals surface area contributed by atoms with Gasteiger partial charge in [0.2, 0.25) is 0 Å². The molecule has 0 aliphatic heterocycles. The van der Waals surface area contributed by atoms with E-state index in [0.29, 0.717) is 6.42 Å². The predicted octanol–water partition coefficient (Wildman–Crippen LogP) is 6.92. The fourth-order valence-electron chi connectivity index (χ4n) is 6.09. The van der Waals surface area contributed by atoms with Gasteiger partial charge in [-0.3, -0.25) is 0 Å². The van der Waals surface area contributed by atoms with Crippen LogP contribution in [0.1, 0.15) is 80.9 Å². The molecule has 0 spiro atoms. The molecule has 2 aromatic rings. The molecule has 0 radical (unpaired) electrons. The van der Waals surface area contributed by atoms with Crippen molar-refractivity contribution < 1.29 is 5.11 Å². The molecule has 2 saturated carbocycles. The molecule has 1 atom stereocenters. The smallest absolute Gasteiger partial charge is 0.113 e. The van der Waals surface area contributed by atoms with Crippen LogP contribution in [0.25, 0.3) is 6.08 Å². The standard InChI is InChI=1S/C28H35OP/c29-28(20-19-22-11-7-8-12-23(22)21-28)26-17-9-10-18-27(26)30(24-13-3-1-4-14-24)25-15-5-2-6-16-25/h7-12,17-20,24-25,29H,1-6,13-16,21H2. The van der Waals surface area contributed by atoms with E-state index in [0.717, 1.165) is 11.3 Å². The summed E-state index contributed by atoms with van der Waals surface area (Å²) in [7, 11) is -0.231.